The van der Waals surface area contributed by atoms with Crippen molar-refractivity contribution in [2.75, 3.05) is 0 Å². The minimum absolute atomic E-state index is 0.0664. The Morgan fingerprint density at radius 2 is 1.67 bits per heavy atom. The van der Waals surface area contributed by atoms with Gasteiger partial charge in [-0.1, -0.05) is 60.4 Å². The van der Waals surface area contributed by atoms with Crippen molar-refractivity contribution in [3.05, 3.63) is 71.3 Å². The van der Waals surface area contributed by atoms with Crippen molar-refractivity contribution in [2.24, 2.45) is 0 Å². The van der Waals surface area contributed by atoms with Crippen LogP contribution in [0, 0.1) is 18.8 Å². The van der Waals surface area contributed by atoms with Crippen molar-refractivity contribution in [3.63, 3.8) is 0 Å². The van der Waals surface area contributed by atoms with Crippen LogP contribution in [0.2, 0.25) is 0 Å². The topological polar surface area (TPSA) is 17.1 Å². The molecule has 0 aliphatic carbocycles. The Hall–Kier alpha value is -2.33. The monoisotopic (exact) mass is 234 g/mol. The Kier molecular flexibility index (Phi) is 3.94. The van der Waals surface area contributed by atoms with Crippen LogP contribution in [-0.2, 0) is 0 Å². The summed E-state index contributed by atoms with van der Waals surface area (Å²) in [4.78, 5) is 11.8. The lowest BCUT2D eigenvalue weighted by Crippen LogP contribution is -1.96. The van der Waals surface area contributed by atoms with Gasteiger partial charge in [-0.3, -0.25) is 4.79 Å². The number of hydrogen-bond acceptors (Lipinski definition) is 1. The van der Waals surface area contributed by atoms with Crippen LogP contribution in [0.5, 0.6) is 0 Å². The summed E-state index contributed by atoms with van der Waals surface area (Å²) in [5, 5.41) is 0. The minimum atomic E-state index is 0.0664. The Labute approximate surface area is 107 Å². The van der Waals surface area contributed by atoms with Crippen LogP contribution in [0.15, 0.2) is 54.6 Å². The van der Waals surface area contributed by atoms with Crippen molar-refractivity contribution in [3.8, 4) is 11.8 Å². The van der Waals surface area contributed by atoms with Gasteiger partial charge in [0, 0.05) is 11.1 Å². The Morgan fingerprint density at radius 1 is 1.00 bits per heavy atom. The molecule has 0 aromatic heterocycles. The average molecular weight is 234 g/mol. The molecule has 1 nitrogen and oxygen atoms in total. The molecule has 0 saturated carbocycles. The maximum absolute atomic E-state index is 11.8. The van der Waals surface area contributed by atoms with Crippen LogP contribution >= 0.6 is 0 Å². The normalized spacial score (nSPS) is 9.39. The Bertz CT molecular complexity index is 600. The second kappa shape index (κ2) is 5.84. The predicted molar refractivity (Wildman–Crippen MR) is 73.4 cm³/mol. The van der Waals surface area contributed by atoms with E-state index in [1.807, 2.05) is 61.5 Å². The molecule has 0 aliphatic rings. The van der Waals surface area contributed by atoms with E-state index < -0.39 is 0 Å². The molecule has 0 aliphatic heterocycles. The SMILES string of the molecule is Cc1ccccc1C#CCC(=O)c1ccccc1. The molecule has 0 amide bonds. The largest absolute Gasteiger partial charge is 0.293 e. The van der Waals surface area contributed by atoms with E-state index >= 15 is 0 Å². The number of rotatable bonds is 2. The third-order valence-electron chi connectivity index (χ3n) is 2.71. The predicted octanol–water partition coefficient (Wildman–Crippen LogP) is 3.62. The van der Waals surface area contributed by atoms with Gasteiger partial charge in [-0.25, -0.2) is 0 Å². The lowest BCUT2D eigenvalue weighted by Gasteiger charge is -1.96. The molecule has 0 saturated heterocycles. The van der Waals surface area contributed by atoms with E-state index in [0.29, 0.717) is 0 Å². The summed E-state index contributed by atoms with van der Waals surface area (Å²) in [6, 6.07) is 17.2. The van der Waals surface area contributed by atoms with Gasteiger partial charge in [0.25, 0.3) is 0 Å². The van der Waals surface area contributed by atoms with Crippen LogP contribution in [0.25, 0.3) is 0 Å². The van der Waals surface area contributed by atoms with E-state index in [1.54, 1.807) is 0 Å². The molecule has 2 rings (SSSR count). The zero-order chi connectivity index (χ0) is 12.8. The summed E-state index contributed by atoms with van der Waals surface area (Å²) in [5.74, 6) is 6.05. The lowest BCUT2D eigenvalue weighted by molar-refractivity contribution is 0.0998. The quantitative estimate of drug-likeness (QED) is 0.573. The number of hydrogen-bond donors (Lipinski definition) is 0. The first-order valence-corrected chi connectivity index (χ1v) is 5.90. The van der Waals surface area contributed by atoms with Crippen molar-refractivity contribution >= 4 is 5.78 Å². The van der Waals surface area contributed by atoms with Crippen molar-refractivity contribution in [2.45, 2.75) is 13.3 Å². The number of aryl methyl sites for hydroxylation is 1. The van der Waals surface area contributed by atoms with Gasteiger partial charge in [0.05, 0.1) is 6.42 Å². The Balaban J connectivity index is 2.06. The third kappa shape index (κ3) is 3.09. The van der Waals surface area contributed by atoms with E-state index in [2.05, 4.69) is 11.8 Å². The van der Waals surface area contributed by atoms with Crippen molar-refractivity contribution in [1.29, 1.82) is 0 Å². The fraction of sp³-hybridized carbons (Fsp3) is 0.118. The molecule has 0 N–H and O–H groups in total. The number of carbonyl (C=O) groups excluding carboxylic acids is 1. The second-order valence-electron chi connectivity index (χ2n) is 4.08. The highest BCUT2D eigenvalue weighted by atomic mass is 16.1. The molecule has 0 radical (unpaired) electrons. The smallest absolute Gasteiger partial charge is 0.174 e. The fourth-order valence-electron chi connectivity index (χ4n) is 1.66. The number of Topliss-reactive ketones (excluding diaryl/α,β-unsaturated/α-hetero) is 1. The van der Waals surface area contributed by atoms with Gasteiger partial charge in [0.1, 0.15) is 0 Å². The van der Waals surface area contributed by atoms with Crippen LogP contribution in [0.3, 0.4) is 0 Å². The highest BCUT2D eigenvalue weighted by Gasteiger charge is 2.01. The van der Waals surface area contributed by atoms with Gasteiger partial charge in [0.15, 0.2) is 5.78 Å². The Morgan fingerprint density at radius 3 is 2.39 bits per heavy atom. The molecule has 0 atom stereocenters. The van der Waals surface area contributed by atoms with E-state index in [9.17, 15) is 4.79 Å². The molecule has 18 heavy (non-hydrogen) atoms. The highest BCUT2D eigenvalue weighted by Crippen LogP contribution is 2.05. The summed E-state index contributed by atoms with van der Waals surface area (Å²) in [7, 11) is 0. The summed E-state index contributed by atoms with van der Waals surface area (Å²) in [6.45, 7) is 2.02. The van der Waals surface area contributed by atoms with Gasteiger partial charge in [-0.05, 0) is 18.6 Å². The van der Waals surface area contributed by atoms with Gasteiger partial charge in [0.2, 0.25) is 0 Å². The molecule has 0 bridgehead atoms. The van der Waals surface area contributed by atoms with E-state index in [0.717, 1.165) is 16.7 Å². The molecule has 2 aromatic carbocycles. The zero-order valence-electron chi connectivity index (χ0n) is 10.3. The molecule has 0 heterocycles. The maximum Gasteiger partial charge on any atom is 0.174 e. The van der Waals surface area contributed by atoms with Gasteiger partial charge in [-0.15, -0.1) is 0 Å². The molecule has 88 valence electrons. The van der Waals surface area contributed by atoms with E-state index in [4.69, 9.17) is 0 Å². The van der Waals surface area contributed by atoms with Crippen molar-refractivity contribution in [1.82, 2.24) is 0 Å². The number of carbonyl (C=O) groups is 1. The van der Waals surface area contributed by atoms with Gasteiger partial charge >= 0.3 is 0 Å². The summed E-state index contributed by atoms with van der Waals surface area (Å²) in [6.07, 6.45) is 0.262. The van der Waals surface area contributed by atoms with Crippen LogP contribution in [0.4, 0.5) is 0 Å². The zero-order valence-corrected chi connectivity index (χ0v) is 10.3. The second-order valence-corrected chi connectivity index (χ2v) is 4.08. The molecule has 1 heteroatoms. The fourth-order valence-corrected chi connectivity index (χ4v) is 1.66. The standard InChI is InChI=1S/C17H14O/c1-14-8-5-6-9-15(14)12-7-13-17(18)16-10-3-2-4-11-16/h2-6,8-11H,13H2,1H3. The van der Waals surface area contributed by atoms with Crippen LogP contribution in [0.1, 0.15) is 27.9 Å². The summed E-state index contributed by atoms with van der Waals surface area (Å²) < 4.78 is 0. The van der Waals surface area contributed by atoms with E-state index in [1.165, 1.54) is 0 Å². The molecule has 0 spiro atoms. The van der Waals surface area contributed by atoms with Crippen molar-refractivity contribution < 1.29 is 4.79 Å². The third-order valence-corrected chi connectivity index (χ3v) is 2.71. The van der Waals surface area contributed by atoms with Crippen LogP contribution < -0.4 is 0 Å². The van der Waals surface area contributed by atoms with Gasteiger partial charge < -0.3 is 0 Å². The lowest BCUT2D eigenvalue weighted by atomic mass is 10.1. The average Bonchev–Trinajstić information content (AvgIpc) is 2.42. The highest BCUT2D eigenvalue weighted by molar-refractivity contribution is 5.97. The first kappa shape index (κ1) is 12.1. The maximum atomic E-state index is 11.8. The number of ketones is 1. The van der Waals surface area contributed by atoms with E-state index in [-0.39, 0.29) is 12.2 Å². The minimum Gasteiger partial charge on any atom is -0.293 e. The summed E-state index contributed by atoms with van der Waals surface area (Å²) in [5.41, 5.74) is 2.84. The molecular formula is C17H14O. The summed E-state index contributed by atoms with van der Waals surface area (Å²) >= 11 is 0. The molecule has 2 aromatic rings. The first-order valence-electron chi connectivity index (χ1n) is 5.90. The molecular weight excluding hydrogens is 220 g/mol. The first-order chi connectivity index (χ1) is 8.77. The van der Waals surface area contributed by atoms with Crippen LogP contribution in [-0.4, -0.2) is 5.78 Å². The molecule has 0 fully saturated rings. The van der Waals surface area contributed by atoms with Gasteiger partial charge in [-0.2, -0.15) is 0 Å². The molecule has 0 unspecified atom stereocenters. The number of benzene rings is 2.